The summed E-state index contributed by atoms with van der Waals surface area (Å²) in [5.41, 5.74) is 7.49. The van der Waals surface area contributed by atoms with E-state index < -0.39 is 5.92 Å². The molecule has 18 heavy (non-hydrogen) atoms. The van der Waals surface area contributed by atoms with Gasteiger partial charge in [0.1, 0.15) is 0 Å². The number of hydrogen-bond acceptors (Lipinski definition) is 3. The average Bonchev–Trinajstić information content (AvgIpc) is 2.60. The number of alkyl halides is 2. The summed E-state index contributed by atoms with van der Waals surface area (Å²) in [6.07, 6.45) is 1.59. The van der Waals surface area contributed by atoms with Gasteiger partial charge in [0, 0.05) is 24.3 Å². The second-order valence-corrected chi connectivity index (χ2v) is 5.64. The van der Waals surface area contributed by atoms with Gasteiger partial charge in [0.2, 0.25) is 11.8 Å². The molecule has 2 N–H and O–H groups in total. The molecule has 0 aromatic carbocycles. The highest BCUT2D eigenvalue weighted by Crippen LogP contribution is 2.42. The van der Waals surface area contributed by atoms with Gasteiger partial charge >= 0.3 is 0 Å². The lowest BCUT2D eigenvalue weighted by Crippen LogP contribution is -2.24. The molecular weight excluding hydrogens is 238 g/mol. The Morgan fingerprint density at radius 2 is 2.00 bits per heavy atom. The molecule has 102 valence electrons. The highest BCUT2D eigenvalue weighted by atomic mass is 19.3. The molecule has 2 rings (SSSR count). The molecule has 1 aliphatic rings. The summed E-state index contributed by atoms with van der Waals surface area (Å²) in [6, 6.07) is 0. The number of nitrogens with two attached hydrogens (primary N) is 1. The topological polar surface area (TPSA) is 52.0 Å². The predicted octanol–water partition coefficient (Wildman–Crippen LogP) is 3.75. The quantitative estimate of drug-likeness (QED) is 0.898. The summed E-state index contributed by atoms with van der Waals surface area (Å²) in [5.74, 6) is -1.66. The molecule has 1 fully saturated rings. The van der Waals surface area contributed by atoms with Crippen molar-refractivity contribution >= 4 is 5.88 Å². The molecule has 0 spiro atoms. The summed E-state index contributed by atoms with van der Waals surface area (Å²) in [6.45, 7) is 4.18. The first-order valence-electron chi connectivity index (χ1n) is 6.51. The molecule has 1 aliphatic carbocycles. The first kappa shape index (κ1) is 13.3. The van der Waals surface area contributed by atoms with E-state index in [1.807, 2.05) is 0 Å². The molecule has 0 atom stereocenters. The molecule has 3 nitrogen and oxygen atoms in total. The third kappa shape index (κ3) is 2.82. The van der Waals surface area contributed by atoms with Crippen LogP contribution in [0.1, 0.15) is 56.7 Å². The first-order valence-corrected chi connectivity index (χ1v) is 6.51. The van der Waals surface area contributed by atoms with Crippen LogP contribution in [0.3, 0.4) is 0 Å². The van der Waals surface area contributed by atoms with Crippen molar-refractivity contribution in [3.05, 3.63) is 11.3 Å². The lowest BCUT2D eigenvalue weighted by Gasteiger charge is -2.27. The van der Waals surface area contributed by atoms with Crippen LogP contribution in [0.15, 0.2) is 4.52 Å². The van der Waals surface area contributed by atoms with Crippen molar-refractivity contribution in [3.8, 4) is 0 Å². The fraction of sp³-hybridized carbons (Fsp3) is 0.769. The molecule has 5 heteroatoms. The normalized spacial score (nSPS) is 20.5. The Kier molecular flexibility index (Phi) is 3.59. The number of halogens is 2. The largest absolute Gasteiger partial charge is 0.367 e. The standard InChI is InChI=1S/C13H20F2N2O/c1-8(2)7-10-11(17-18-12(10)16)9-3-5-13(14,15)6-4-9/h8-9H,3-7,16H2,1-2H3. The van der Waals surface area contributed by atoms with Gasteiger partial charge in [0.15, 0.2) is 0 Å². The molecule has 0 amide bonds. The minimum absolute atomic E-state index is 0.0639. The van der Waals surface area contributed by atoms with Crippen molar-refractivity contribution in [1.82, 2.24) is 5.16 Å². The van der Waals surface area contributed by atoms with Crippen LogP contribution in [0.25, 0.3) is 0 Å². The molecule has 1 aromatic rings. The van der Waals surface area contributed by atoms with Gasteiger partial charge in [-0.3, -0.25) is 0 Å². The van der Waals surface area contributed by atoms with E-state index in [1.54, 1.807) is 0 Å². The number of nitrogens with zero attached hydrogens (tertiary/aromatic N) is 1. The minimum Gasteiger partial charge on any atom is -0.367 e. The lowest BCUT2D eigenvalue weighted by atomic mass is 9.82. The number of anilines is 1. The minimum atomic E-state index is -2.51. The van der Waals surface area contributed by atoms with E-state index in [-0.39, 0.29) is 18.8 Å². The fourth-order valence-electron chi connectivity index (χ4n) is 2.58. The van der Waals surface area contributed by atoms with Gasteiger partial charge in [0.05, 0.1) is 5.69 Å². The average molecular weight is 258 g/mol. The van der Waals surface area contributed by atoms with Crippen LogP contribution in [0, 0.1) is 5.92 Å². The zero-order chi connectivity index (χ0) is 13.3. The van der Waals surface area contributed by atoms with Crippen molar-refractivity contribution in [1.29, 1.82) is 0 Å². The Balaban J connectivity index is 2.14. The molecule has 0 radical (unpaired) electrons. The van der Waals surface area contributed by atoms with Gasteiger partial charge in [0.25, 0.3) is 0 Å². The summed E-state index contributed by atoms with van der Waals surface area (Å²) in [5, 5.41) is 4.00. The smallest absolute Gasteiger partial charge is 0.248 e. The van der Waals surface area contributed by atoms with Crippen molar-refractivity contribution < 1.29 is 13.3 Å². The molecule has 0 aliphatic heterocycles. The van der Waals surface area contributed by atoms with Crippen molar-refractivity contribution in [2.75, 3.05) is 5.73 Å². The van der Waals surface area contributed by atoms with Crippen LogP contribution in [0.4, 0.5) is 14.7 Å². The summed E-state index contributed by atoms with van der Waals surface area (Å²) < 4.78 is 31.3. The molecule has 0 unspecified atom stereocenters. The van der Waals surface area contributed by atoms with E-state index in [2.05, 4.69) is 19.0 Å². The Labute approximate surface area is 106 Å². The van der Waals surface area contributed by atoms with Gasteiger partial charge in [-0.1, -0.05) is 19.0 Å². The zero-order valence-electron chi connectivity index (χ0n) is 10.9. The maximum absolute atomic E-state index is 13.1. The van der Waals surface area contributed by atoms with Gasteiger partial charge in [-0.15, -0.1) is 0 Å². The Morgan fingerprint density at radius 1 is 1.39 bits per heavy atom. The Bertz CT molecular complexity index is 405. The summed E-state index contributed by atoms with van der Waals surface area (Å²) >= 11 is 0. The zero-order valence-corrected chi connectivity index (χ0v) is 10.9. The molecular formula is C13H20F2N2O. The van der Waals surface area contributed by atoms with Crippen LogP contribution in [0.5, 0.6) is 0 Å². The van der Waals surface area contributed by atoms with Gasteiger partial charge < -0.3 is 10.3 Å². The maximum Gasteiger partial charge on any atom is 0.248 e. The van der Waals surface area contributed by atoms with Crippen LogP contribution >= 0.6 is 0 Å². The van der Waals surface area contributed by atoms with Crippen LogP contribution in [-0.2, 0) is 6.42 Å². The van der Waals surface area contributed by atoms with Gasteiger partial charge in [-0.05, 0) is 25.2 Å². The first-order chi connectivity index (χ1) is 8.39. The Morgan fingerprint density at radius 3 is 2.56 bits per heavy atom. The van der Waals surface area contributed by atoms with Gasteiger partial charge in [-0.25, -0.2) is 8.78 Å². The Hall–Kier alpha value is -1.13. The van der Waals surface area contributed by atoms with Crippen LogP contribution in [0.2, 0.25) is 0 Å². The summed E-state index contributed by atoms with van der Waals surface area (Å²) in [7, 11) is 0. The number of nitrogen functional groups attached to an aromatic ring is 1. The van der Waals surface area contributed by atoms with E-state index in [4.69, 9.17) is 10.3 Å². The summed E-state index contributed by atoms with van der Waals surface area (Å²) in [4.78, 5) is 0. The van der Waals surface area contributed by atoms with Crippen molar-refractivity contribution in [3.63, 3.8) is 0 Å². The SMILES string of the molecule is CC(C)Cc1c(C2CCC(F)(F)CC2)noc1N. The van der Waals surface area contributed by atoms with E-state index >= 15 is 0 Å². The van der Waals surface area contributed by atoms with Crippen molar-refractivity contribution in [2.24, 2.45) is 5.92 Å². The number of hydrogen-bond donors (Lipinski definition) is 1. The highest BCUT2D eigenvalue weighted by Gasteiger charge is 2.37. The second-order valence-electron chi connectivity index (χ2n) is 5.64. The highest BCUT2D eigenvalue weighted by molar-refractivity contribution is 5.41. The van der Waals surface area contributed by atoms with E-state index in [0.29, 0.717) is 24.6 Å². The monoisotopic (exact) mass is 258 g/mol. The molecule has 0 saturated heterocycles. The molecule has 1 saturated carbocycles. The maximum atomic E-state index is 13.1. The van der Waals surface area contributed by atoms with E-state index in [9.17, 15) is 8.78 Å². The predicted molar refractivity (Wildman–Crippen MR) is 65.6 cm³/mol. The van der Waals surface area contributed by atoms with E-state index in [0.717, 1.165) is 17.7 Å². The lowest BCUT2D eigenvalue weighted by molar-refractivity contribution is -0.0387. The van der Waals surface area contributed by atoms with Gasteiger partial charge in [-0.2, -0.15) is 0 Å². The third-order valence-corrected chi connectivity index (χ3v) is 3.57. The molecule has 0 bridgehead atoms. The second kappa shape index (κ2) is 4.86. The van der Waals surface area contributed by atoms with Crippen molar-refractivity contribution in [2.45, 2.75) is 57.8 Å². The van der Waals surface area contributed by atoms with E-state index in [1.165, 1.54) is 0 Å². The molecule has 1 heterocycles. The number of rotatable bonds is 3. The van der Waals surface area contributed by atoms with Crippen LogP contribution in [-0.4, -0.2) is 11.1 Å². The molecule has 1 aromatic heterocycles. The third-order valence-electron chi connectivity index (χ3n) is 3.57. The fourth-order valence-corrected chi connectivity index (χ4v) is 2.58. The number of aromatic nitrogens is 1. The van der Waals surface area contributed by atoms with Crippen LogP contribution < -0.4 is 5.73 Å².